The van der Waals surface area contributed by atoms with Gasteiger partial charge in [0.25, 0.3) is 0 Å². The summed E-state index contributed by atoms with van der Waals surface area (Å²) in [6.45, 7) is 1.36. The first-order valence-corrected chi connectivity index (χ1v) is 12.1. The maximum atomic E-state index is 13.8. The molecule has 2 heterocycles. The Kier molecular flexibility index (Phi) is 9.46. The number of pyridine rings is 1. The van der Waals surface area contributed by atoms with E-state index >= 15 is 0 Å². The zero-order valence-electron chi connectivity index (χ0n) is 19.7. The summed E-state index contributed by atoms with van der Waals surface area (Å²) in [5.74, 6) is 0.230. The van der Waals surface area contributed by atoms with Crippen LogP contribution in [0.4, 0.5) is 17.6 Å². The number of aliphatic hydroxyl groups excluding tert-OH is 1. The molecule has 2 unspecified atom stereocenters. The van der Waals surface area contributed by atoms with E-state index in [-0.39, 0.29) is 23.4 Å². The summed E-state index contributed by atoms with van der Waals surface area (Å²) in [4.78, 5) is 27.8. The fourth-order valence-electron chi connectivity index (χ4n) is 3.11. The van der Waals surface area contributed by atoms with Crippen LogP contribution in [-0.4, -0.2) is 45.4 Å². The van der Waals surface area contributed by atoms with Gasteiger partial charge < -0.3 is 15.6 Å². The number of benzene rings is 1. The van der Waals surface area contributed by atoms with E-state index in [4.69, 9.17) is 9.84 Å². The molecule has 0 aliphatic heterocycles. The molecule has 2 atom stereocenters. The van der Waals surface area contributed by atoms with Gasteiger partial charge in [0.05, 0.1) is 22.3 Å². The van der Waals surface area contributed by atoms with E-state index in [0.29, 0.717) is 29.0 Å². The second kappa shape index (κ2) is 12.3. The molecule has 1 aliphatic carbocycles. The number of carbonyl (C=O) groups excluding carboxylic acids is 2. The van der Waals surface area contributed by atoms with Crippen LogP contribution in [0, 0.1) is 11.7 Å². The SMILES string of the molecule is CC(Oc1ccc(C(=O)C2CC2)nc1)c1cc(-c2ccc(C=O)c(F)c2)ns1.NC(CCO)C(F)(F)F. The van der Waals surface area contributed by atoms with Crippen LogP contribution < -0.4 is 10.5 Å². The fourth-order valence-corrected chi connectivity index (χ4v) is 3.84. The number of hydrogen-bond acceptors (Lipinski definition) is 8. The molecule has 7 nitrogen and oxygen atoms in total. The highest BCUT2D eigenvalue weighted by Gasteiger charge is 2.35. The van der Waals surface area contributed by atoms with Gasteiger partial charge in [-0.15, -0.1) is 0 Å². The van der Waals surface area contributed by atoms with Crippen LogP contribution in [0.2, 0.25) is 0 Å². The zero-order chi connectivity index (χ0) is 27.2. The summed E-state index contributed by atoms with van der Waals surface area (Å²) in [6, 6.07) is 7.79. The van der Waals surface area contributed by atoms with E-state index in [9.17, 15) is 27.2 Å². The van der Waals surface area contributed by atoms with Crippen LogP contribution in [0.25, 0.3) is 11.3 Å². The fraction of sp³-hybridized carbons (Fsp3) is 0.360. The molecule has 1 fully saturated rings. The third kappa shape index (κ3) is 7.88. The number of hydrogen-bond donors (Lipinski definition) is 2. The number of halogens is 4. The zero-order valence-corrected chi connectivity index (χ0v) is 20.6. The standard InChI is InChI=1S/C21H17FN2O3S.C4H8F3NO/c1-12(27-16-6-7-18(23-10-16)21(26)13-2-3-13)20-9-19(24-28-20)14-4-5-15(11-25)17(22)8-14;5-4(6,7)3(8)1-2-9/h4-13H,2-3H2,1H3;3,9H,1-2,8H2. The Morgan fingerprint density at radius 1 is 1.27 bits per heavy atom. The maximum absolute atomic E-state index is 13.8. The summed E-state index contributed by atoms with van der Waals surface area (Å²) < 4.78 is 58.3. The molecular formula is C25H25F4N3O4S. The smallest absolute Gasteiger partial charge is 0.403 e. The average Bonchev–Trinajstić information content (AvgIpc) is 3.59. The Bertz CT molecular complexity index is 1210. The lowest BCUT2D eigenvalue weighted by Crippen LogP contribution is -2.37. The molecule has 198 valence electrons. The van der Waals surface area contributed by atoms with Crippen molar-refractivity contribution >= 4 is 23.6 Å². The lowest BCUT2D eigenvalue weighted by atomic mass is 10.1. The molecule has 2 aromatic heterocycles. The molecule has 0 saturated heterocycles. The first-order valence-electron chi connectivity index (χ1n) is 11.3. The number of nitrogens with zero attached hydrogens (tertiary/aromatic N) is 2. The molecule has 0 radical (unpaired) electrons. The van der Waals surface area contributed by atoms with E-state index in [1.165, 1.54) is 23.7 Å². The predicted octanol–water partition coefficient (Wildman–Crippen LogP) is 5.15. The Hall–Kier alpha value is -3.22. The number of alkyl halides is 3. The number of aromatic nitrogens is 2. The van der Waals surface area contributed by atoms with E-state index in [0.717, 1.165) is 17.7 Å². The van der Waals surface area contributed by atoms with Gasteiger partial charge in [0.2, 0.25) is 0 Å². The Labute approximate surface area is 214 Å². The number of ketones is 1. The number of rotatable bonds is 9. The minimum absolute atomic E-state index is 0.0204. The third-order valence-corrected chi connectivity index (χ3v) is 6.41. The maximum Gasteiger partial charge on any atom is 0.403 e. The van der Waals surface area contributed by atoms with Crippen molar-refractivity contribution in [2.24, 2.45) is 11.7 Å². The van der Waals surface area contributed by atoms with Gasteiger partial charge in [0.1, 0.15) is 29.4 Å². The monoisotopic (exact) mass is 539 g/mol. The number of ether oxygens (including phenoxy) is 1. The lowest BCUT2D eigenvalue weighted by molar-refractivity contribution is -0.150. The Morgan fingerprint density at radius 2 is 2.00 bits per heavy atom. The molecule has 1 saturated carbocycles. The highest BCUT2D eigenvalue weighted by molar-refractivity contribution is 7.06. The molecule has 3 aromatic rings. The van der Waals surface area contributed by atoms with Gasteiger partial charge in [-0.1, -0.05) is 6.07 Å². The van der Waals surface area contributed by atoms with Gasteiger partial charge >= 0.3 is 6.18 Å². The molecule has 0 spiro atoms. The Morgan fingerprint density at radius 3 is 2.51 bits per heavy atom. The lowest BCUT2D eigenvalue weighted by Gasteiger charge is -2.12. The van der Waals surface area contributed by atoms with Crippen LogP contribution in [0.15, 0.2) is 42.6 Å². The van der Waals surface area contributed by atoms with E-state index in [1.54, 1.807) is 24.4 Å². The third-order valence-electron chi connectivity index (χ3n) is 5.46. The normalized spacial score (nSPS) is 14.8. The van der Waals surface area contributed by atoms with Gasteiger partial charge in [0, 0.05) is 18.1 Å². The minimum atomic E-state index is -4.37. The minimum Gasteiger partial charge on any atom is -0.484 e. The Balaban J connectivity index is 0.000000364. The molecule has 3 N–H and O–H groups in total. The molecule has 0 bridgehead atoms. The van der Waals surface area contributed by atoms with Crippen molar-refractivity contribution in [2.75, 3.05) is 6.61 Å². The molecule has 4 rings (SSSR count). The highest BCUT2D eigenvalue weighted by atomic mass is 32.1. The average molecular weight is 540 g/mol. The number of carbonyl (C=O) groups is 2. The van der Waals surface area contributed by atoms with Crippen LogP contribution in [-0.2, 0) is 0 Å². The van der Waals surface area contributed by atoms with Crippen molar-refractivity contribution in [1.29, 1.82) is 0 Å². The molecule has 12 heteroatoms. The van der Waals surface area contributed by atoms with Gasteiger partial charge in [-0.25, -0.2) is 9.37 Å². The van der Waals surface area contributed by atoms with Gasteiger partial charge in [-0.2, -0.15) is 17.5 Å². The largest absolute Gasteiger partial charge is 0.484 e. The van der Waals surface area contributed by atoms with Crippen molar-refractivity contribution in [3.05, 3.63) is 64.5 Å². The summed E-state index contributed by atoms with van der Waals surface area (Å²) >= 11 is 1.27. The van der Waals surface area contributed by atoms with Crippen molar-refractivity contribution < 1.29 is 37.0 Å². The van der Waals surface area contributed by atoms with Crippen LogP contribution in [0.3, 0.4) is 0 Å². The van der Waals surface area contributed by atoms with Crippen molar-refractivity contribution in [1.82, 2.24) is 9.36 Å². The second-order valence-corrected chi connectivity index (χ2v) is 9.24. The van der Waals surface area contributed by atoms with Crippen LogP contribution in [0.1, 0.15) is 58.0 Å². The number of nitrogens with two attached hydrogens (primary N) is 1. The van der Waals surface area contributed by atoms with Crippen molar-refractivity contribution in [2.45, 2.75) is 44.5 Å². The second-order valence-electron chi connectivity index (χ2n) is 8.41. The highest BCUT2D eigenvalue weighted by Crippen LogP contribution is 2.33. The van der Waals surface area contributed by atoms with Gasteiger partial charge in [-0.05, 0) is 68.1 Å². The molecule has 0 amide bonds. The van der Waals surface area contributed by atoms with Crippen molar-refractivity contribution in [3.63, 3.8) is 0 Å². The van der Waals surface area contributed by atoms with E-state index in [2.05, 4.69) is 15.1 Å². The molecule has 1 aromatic carbocycles. The summed E-state index contributed by atoms with van der Waals surface area (Å²) in [7, 11) is 0. The quantitative estimate of drug-likeness (QED) is 0.220. The first kappa shape index (κ1) is 28.4. The number of Topliss-reactive ketones (excluding diaryl/α,β-unsaturated/α-hetero) is 1. The summed E-state index contributed by atoms with van der Waals surface area (Å²) in [5.41, 5.74) is 6.29. The molecule has 1 aliphatic rings. The first-order chi connectivity index (χ1) is 17.5. The number of aldehydes is 1. The molecular weight excluding hydrogens is 514 g/mol. The predicted molar refractivity (Wildman–Crippen MR) is 129 cm³/mol. The number of aliphatic hydroxyl groups is 1. The van der Waals surface area contributed by atoms with Crippen LogP contribution in [0.5, 0.6) is 5.75 Å². The van der Waals surface area contributed by atoms with Crippen molar-refractivity contribution in [3.8, 4) is 17.0 Å². The summed E-state index contributed by atoms with van der Waals surface area (Å²) in [5, 5.41) is 8.02. The van der Waals surface area contributed by atoms with Gasteiger partial charge in [-0.3, -0.25) is 9.59 Å². The van der Waals surface area contributed by atoms with Gasteiger partial charge in [0.15, 0.2) is 12.1 Å². The summed E-state index contributed by atoms with van der Waals surface area (Å²) in [6.07, 6.45) is -1.14. The van der Waals surface area contributed by atoms with Crippen LogP contribution >= 0.6 is 11.5 Å². The van der Waals surface area contributed by atoms with E-state index < -0.39 is 31.1 Å². The topological polar surface area (TPSA) is 115 Å². The van der Waals surface area contributed by atoms with E-state index in [1.807, 2.05) is 13.0 Å². The molecule has 37 heavy (non-hydrogen) atoms.